The second kappa shape index (κ2) is 6.51. The molecular formula is C20H17FN2O2. The number of nitrogens with zero attached hydrogens (tertiary/aromatic N) is 2. The van der Waals surface area contributed by atoms with Crippen LogP contribution >= 0.6 is 0 Å². The topological polar surface area (TPSA) is 42.4 Å². The van der Waals surface area contributed by atoms with Gasteiger partial charge in [-0.1, -0.05) is 6.07 Å². The number of amides is 1. The first kappa shape index (κ1) is 15.6. The highest BCUT2D eigenvalue weighted by atomic mass is 19.1. The molecule has 0 saturated carbocycles. The SMILES string of the molecule is O=C1CCCN1c1ccc(OCc2cc(F)cc3cccnc23)cc1. The van der Waals surface area contributed by atoms with Crippen molar-refractivity contribution in [2.45, 2.75) is 19.4 Å². The van der Waals surface area contributed by atoms with Gasteiger partial charge in [-0.3, -0.25) is 9.78 Å². The van der Waals surface area contributed by atoms with Gasteiger partial charge in [-0.05, 0) is 48.9 Å². The molecule has 4 nitrogen and oxygen atoms in total. The highest BCUT2D eigenvalue weighted by Gasteiger charge is 2.21. The highest BCUT2D eigenvalue weighted by molar-refractivity contribution is 5.95. The Kier molecular flexibility index (Phi) is 4.06. The van der Waals surface area contributed by atoms with Crippen LogP contribution in [0.3, 0.4) is 0 Å². The molecular weight excluding hydrogens is 319 g/mol. The van der Waals surface area contributed by atoms with Gasteiger partial charge in [0.15, 0.2) is 0 Å². The number of carbonyl (C=O) groups is 1. The molecule has 1 aliphatic rings. The lowest BCUT2D eigenvalue weighted by Crippen LogP contribution is -2.23. The van der Waals surface area contributed by atoms with Gasteiger partial charge >= 0.3 is 0 Å². The lowest BCUT2D eigenvalue weighted by molar-refractivity contribution is -0.117. The maximum atomic E-state index is 13.8. The summed E-state index contributed by atoms with van der Waals surface area (Å²) in [4.78, 5) is 17.9. The summed E-state index contributed by atoms with van der Waals surface area (Å²) in [6.45, 7) is 0.993. The number of halogens is 1. The molecule has 1 aliphatic heterocycles. The van der Waals surface area contributed by atoms with Crippen LogP contribution in [0.2, 0.25) is 0 Å². The molecule has 0 radical (unpaired) electrons. The summed E-state index contributed by atoms with van der Waals surface area (Å²) in [5.74, 6) is 0.525. The Labute approximate surface area is 144 Å². The van der Waals surface area contributed by atoms with E-state index in [9.17, 15) is 9.18 Å². The zero-order valence-corrected chi connectivity index (χ0v) is 13.6. The van der Waals surface area contributed by atoms with E-state index in [2.05, 4.69) is 4.98 Å². The molecule has 126 valence electrons. The maximum absolute atomic E-state index is 13.8. The lowest BCUT2D eigenvalue weighted by atomic mass is 10.1. The molecule has 0 atom stereocenters. The minimum Gasteiger partial charge on any atom is -0.489 e. The molecule has 4 rings (SSSR count). The van der Waals surface area contributed by atoms with Crippen molar-refractivity contribution in [2.24, 2.45) is 0 Å². The molecule has 1 aromatic heterocycles. The summed E-state index contributed by atoms with van der Waals surface area (Å²) in [7, 11) is 0. The molecule has 2 aromatic carbocycles. The quantitative estimate of drug-likeness (QED) is 0.721. The second-order valence-electron chi connectivity index (χ2n) is 6.07. The Hall–Kier alpha value is -2.95. The van der Waals surface area contributed by atoms with Gasteiger partial charge in [0.25, 0.3) is 0 Å². The van der Waals surface area contributed by atoms with E-state index < -0.39 is 0 Å². The number of hydrogen-bond acceptors (Lipinski definition) is 3. The van der Waals surface area contributed by atoms with Crippen molar-refractivity contribution in [3.8, 4) is 5.75 Å². The van der Waals surface area contributed by atoms with Crippen molar-refractivity contribution in [2.75, 3.05) is 11.4 Å². The normalized spacial score (nSPS) is 14.3. The molecule has 0 bridgehead atoms. The number of pyridine rings is 1. The predicted octanol–water partition coefficient (Wildman–Crippen LogP) is 4.08. The van der Waals surface area contributed by atoms with E-state index in [4.69, 9.17) is 4.74 Å². The summed E-state index contributed by atoms with van der Waals surface area (Å²) in [6.07, 6.45) is 3.19. The van der Waals surface area contributed by atoms with Crippen molar-refractivity contribution >= 4 is 22.5 Å². The van der Waals surface area contributed by atoms with Gasteiger partial charge in [-0.2, -0.15) is 0 Å². The zero-order chi connectivity index (χ0) is 17.2. The van der Waals surface area contributed by atoms with E-state index >= 15 is 0 Å². The van der Waals surface area contributed by atoms with Crippen LogP contribution in [0.5, 0.6) is 5.75 Å². The molecule has 0 N–H and O–H groups in total. The molecule has 0 spiro atoms. The number of rotatable bonds is 4. The van der Waals surface area contributed by atoms with Crippen LogP contribution in [-0.2, 0) is 11.4 Å². The average molecular weight is 336 g/mol. The summed E-state index contributed by atoms with van der Waals surface area (Å²) in [5.41, 5.74) is 2.32. The van der Waals surface area contributed by atoms with Crippen molar-refractivity contribution in [3.05, 3.63) is 66.1 Å². The molecule has 1 amide bonds. The third-order valence-corrected chi connectivity index (χ3v) is 4.36. The Bertz CT molecular complexity index is 925. The van der Waals surface area contributed by atoms with Crippen LogP contribution < -0.4 is 9.64 Å². The number of anilines is 1. The number of fused-ring (bicyclic) bond motifs is 1. The largest absolute Gasteiger partial charge is 0.489 e. The summed E-state index contributed by atoms with van der Waals surface area (Å²) in [6, 6.07) is 13.9. The molecule has 1 fully saturated rings. The van der Waals surface area contributed by atoms with Gasteiger partial charge < -0.3 is 9.64 Å². The standard InChI is InChI=1S/C20H17FN2O2/c21-16-11-14-3-1-9-22-20(14)15(12-16)13-25-18-7-5-17(6-8-18)23-10-2-4-19(23)24/h1,3,5-9,11-12H,2,4,10,13H2. The number of benzene rings is 2. The third-order valence-electron chi connectivity index (χ3n) is 4.36. The maximum Gasteiger partial charge on any atom is 0.227 e. The number of carbonyl (C=O) groups excluding carboxylic acids is 1. The van der Waals surface area contributed by atoms with E-state index in [1.165, 1.54) is 12.1 Å². The van der Waals surface area contributed by atoms with Crippen LogP contribution in [0.25, 0.3) is 10.9 Å². The monoisotopic (exact) mass is 336 g/mol. The van der Waals surface area contributed by atoms with Gasteiger partial charge in [0.05, 0.1) is 5.52 Å². The van der Waals surface area contributed by atoms with E-state index in [0.717, 1.165) is 29.6 Å². The summed E-state index contributed by atoms with van der Waals surface area (Å²) in [5, 5.41) is 0.754. The van der Waals surface area contributed by atoms with E-state index in [-0.39, 0.29) is 18.3 Å². The third kappa shape index (κ3) is 3.18. The molecule has 0 aliphatic carbocycles. The summed E-state index contributed by atoms with van der Waals surface area (Å²) >= 11 is 0. The smallest absolute Gasteiger partial charge is 0.227 e. The first-order valence-corrected chi connectivity index (χ1v) is 8.27. The van der Waals surface area contributed by atoms with Crippen LogP contribution in [0.15, 0.2) is 54.7 Å². The van der Waals surface area contributed by atoms with E-state index in [1.807, 2.05) is 30.3 Å². The van der Waals surface area contributed by atoms with Crippen LogP contribution in [0.4, 0.5) is 10.1 Å². The van der Waals surface area contributed by atoms with Crippen molar-refractivity contribution in [3.63, 3.8) is 0 Å². The highest BCUT2D eigenvalue weighted by Crippen LogP contribution is 2.25. The Morgan fingerprint density at radius 1 is 1.16 bits per heavy atom. The average Bonchev–Trinajstić information content (AvgIpc) is 3.06. The van der Waals surface area contributed by atoms with E-state index in [0.29, 0.717) is 17.7 Å². The first-order valence-electron chi connectivity index (χ1n) is 8.27. The first-order chi connectivity index (χ1) is 12.2. The van der Waals surface area contributed by atoms with Gasteiger partial charge in [0.2, 0.25) is 5.91 Å². The fourth-order valence-electron chi connectivity index (χ4n) is 3.14. The van der Waals surface area contributed by atoms with E-state index in [1.54, 1.807) is 17.2 Å². The fourth-order valence-corrected chi connectivity index (χ4v) is 3.14. The number of ether oxygens (including phenoxy) is 1. The van der Waals surface area contributed by atoms with Gasteiger partial charge in [-0.15, -0.1) is 0 Å². The Morgan fingerprint density at radius 2 is 2.00 bits per heavy atom. The Balaban J connectivity index is 1.51. The molecule has 5 heteroatoms. The number of aromatic nitrogens is 1. The minimum absolute atomic E-state index is 0.158. The second-order valence-corrected chi connectivity index (χ2v) is 6.07. The van der Waals surface area contributed by atoms with Crippen molar-refractivity contribution in [1.29, 1.82) is 0 Å². The molecule has 0 unspecified atom stereocenters. The number of hydrogen-bond donors (Lipinski definition) is 0. The molecule has 2 heterocycles. The molecule has 25 heavy (non-hydrogen) atoms. The molecule has 1 saturated heterocycles. The van der Waals surface area contributed by atoms with Crippen LogP contribution in [0.1, 0.15) is 18.4 Å². The van der Waals surface area contributed by atoms with Crippen molar-refractivity contribution < 1.29 is 13.9 Å². The predicted molar refractivity (Wildman–Crippen MR) is 94.1 cm³/mol. The minimum atomic E-state index is -0.304. The zero-order valence-electron chi connectivity index (χ0n) is 13.6. The Morgan fingerprint density at radius 3 is 2.76 bits per heavy atom. The van der Waals surface area contributed by atoms with Gasteiger partial charge in [-0.25, -0.2) is 4.39 Å². The molecule has 3 aromatic rings. The fraction of sp³-hybridized carbons (Fsp3) is 0.200. The van der Waals surface area contributed by atoms with Gasteiger partial charge in [0.1, 0.15) is 18.2 Å². The lowest BCUT2D eigenvalue weighted by Gasteiger charge is -2.16. The van der Waals surface area contributed by atoms with Crippen LogP contribution in [-0.4, -0.2) is 17.4 Å². The van der Waals surface area contributed by atoms with Gasteiger partial charge in [0, 0.05) is 35.8 Å². The van der Waals surface area contributed by atoms with Crippen LogP contribution in [0, 0.1) is 5.82 Å². The van der Waals surface area contributed by atoms with Crippen molar-refractivity contribution in [1.82, 2.24) is 4.98 Å². The summed E-state index contributed by atoms with van der Waals surface area (Å²) < 4.78 is 19.6.